The number of esters is 5. The van der Waals surface area contributed by atoms with Gasteiger partial charge in [-0.3, -0.25) is 4.79 Å². The average Bonchev–Trinajstić information content (AvgIpc) is 3.21. The summed E-state index contributed by atoms with van der Waals surface area (Å²) in [5, 5.41) is 0. The normalized spacial score (nSPS) is 19.3. The highest BCUT2D eigenvalue weighted by atomic mass is 16.7. The molecule has 0 unspecified atom stereocenters. The molecule has 0 aromatic heterocycles. The number of carbonyl (C=O) groups is 5. The van der Waals surface area contributed by atoms with E-state index in [1.165, 1.54) is 7.11 Å². The molecule has 1 fully saturated rings. The van der Waals surface area contributed by atoms with Crippen LogP contribution in [-0.4, -0.2) is 80.9 Å². The molecule has 0 bridgehead atoms. The van der Waals surface area contributed by atoms with E-state index >= 15 is 0 Å². The lowest BCUT2D eigenvalue weighted by Gasteiger charge is -2.44. The molecule has 1 aliphatic rings. The van der Waals surface area contributed by atoms with Gasteiger partial charge in [-0.2, -0.15) is 0 Å². The number of hydrogen-bond acceptors (Lipinski definition) is 12. The van der Waals surface area contributed by atoms with E-state index in [4.69, 9.17) is 33.2 Å². The van der Waals surface area contributed by atoms with Crippen LogP contribution in [0.25, 0.3) is 0 Å². The Bertz CT molecular complexity index is 1780. The summed E-state index contributed by atoms with van der Waals surface area (Å²) < 4.78 is 40.9. The summed E-state index contributed by atoms with van der Waals surface area (Å²) >= 11 is 0. The first-order chi connectivity index (χ1) is 25.8. The molecule has 0 spiro atoms. The molecule has 276 valence electrons. The first kappa shape index (κ1) is 38.4. The molecule has 0 radical (unpaired) electrons. The first-order valence-electron chi connectivity index (χ1n) is 17.2. The fraction of sp³-hybridized carbons (Fsp3) is 0.293. The third kappa shape index (κ3) is 11.1. The van der Waals surface area contributed by atoms with Crippen LogP contribution in [0.4, 0.5) is 0 Å². The van der Waals surface area contributed by atoms with E-state index in [9.17, 15) is 24.0 Å². The molecule has 0 N–H and O–H groups in total. The molecular formula is C41H40O12. The lowest BCUT2D eigenvalue weighted by atomic mass is 9.97. The minimum atomic E-state index is -1.51. The third-order valence-corrected chi connectivity index (χ3v) is 8.27. The zero-order valence-corrected chi connectivity index (χ0v) is 29.1. The van der Waals surface area contributed by atoms with Crippen LogP contribution < -0.4 is 0 Å². The minimum Gasteiger partial charge on any atom is -0.469 e. The fourth-order valence-electron chi connectivity index (χ4n) is 5.51. The Kier molecular flexibility index (Phi) is 14.2. The van der Waals surface area contributed by atoms with Crippen LogP contribution in [0.2, 0.25) is 0 Å². The van der Waals surface area contributed by atoms with Crippen molar-refractivity contribution < 1.29 is 57.1 Å². The highest BCUT2D eigenvalue weighted by Crippen LogP contribution is 2.32. The van der Waals surface area contributed by atoms with Crippen molar-refractivity contribution in [2.45, 2.75) is 56.4 Å². The summed E-state index contributed by atoms with van der Waals surface area (Å²) in [6, 6.07) is 32.6. The summed E-state index contributed by atoms with van der Waals surface area (Å²) in [7, 11) is 1.32. The predicted molar refractivity (Wildman–Crippen MR) is 189 cm³/mol. The quantitative estimate of drug-likeness (QED) is 0.0758. The first-order valence-corrected chi connectivity index (χ1v) is 17.2. The third-order valence-electron chi connectivity index (χ3n) is 8.27. The van der Waals surface area contributed by atoms with Gasteiger partial charge in [0.05, 0.1) is 29.4 Å². The lowest BCUT2D eigenvalue weighted by molar-refractivity contribution is -0.298. The maximum absolute atomic E-state index is 13.7. The van der Waals surface area contributed by atoms with E-state index < -0.39 is 61.2 Å². The molecule has 4 aromatic carbocycles. The molecule has 5 rings (SSSR count). The molecule has 1 heterocycles. The van der Waals surface area contributed by atoms with Gasteiger partial charge in [-0.05, 0) is 61.4 Å². The van der Waals surface area contributed by atoms with Gasteiger partial charge in [-0.1, -0.05) is 79.2 Å². The van der Waals surface area contributed by atoms with Gasteiger partial charge in [0.15, 0.2) is 24.6 Å². The second kappa shape index (κ2) is 19.7. The van der Waals surface area contributed by atoms with E-state index in [2.05, 4.69) is 0 Å². The van der Waals surface area contributed by atoms with Crippen LogP contribution >= 0.6 is 0 Å². The van der Waals surface area contributed by atoms with Crippen molar-refractivity contribution in [3.05, 3.63) is 144 Å². The number of methoxy groups -OCH3 is 1. The standard InChI is InChI=1S/C41H40O12/c1-47-33(42)25-15-6-16-26-48-41-36(53-40(46)31-23-13-5-14-24-31)35(52-39(45)30-21-11-4-12-22-30)34(51-38(44)29-19-9-3-10-20-29)32(50-41)27-49-37(43)28-17-7-2-8-18-28/h2-5,7-14,17-24,32,34-36,41H,6,15-16,25-27H2,1H3/t32-,34-,35+,36-,41-/m1/s1. The van der Waals surface area contributed by atoms with Crippen LogP contribution in [0, 0.1) is 0 Å². The highest BCUT2D eigenvalue weighted by Gasteiger charge is 2.53. The van der Waals surface area contributed by atoms with E-state index in [1.807, 2.05) is 0 Å². The van der Waals surface area contributed by atoms with Crippen molar-refractivity contribution in [2.75, 3.05) is 20.3 Å². The van der Waals surface area contributed by atoms with E-state index in [1.54, 1.807) is 121 Å². The monoisotopic (exact) mass is 724 g/mol. The minimum absolute atomic E-state index is 0.0789. The van der Waals surface area contributed by atoms with Crippen molar-refractivity contribution in [3.63, 3.8) is 0 Å². The molecule has 0 amide bonds. The molecule has 1 aliphatic heterocycles. The number of unbranched alkanes of at least 4 members (excludes halogenated alkanes) is 2. The van der Waals surface area contributed by atoms with E-state index in [0.29, 0.717) is 19.3 Å². The highest BCUT2D eigenvalue weighted by molar-refractivity contribution is 5.91. The van der Waals surface area contributed by atoms with Gasteiger partial charge in [0.1, 0.15) is 12.7 Å². The van der Waals surface area contributed by atoms with Gasteiger partial charge in [0.25, 0.3) is 0 Å². The van der Waals surface area contributed by atoms with Crippen molar-refractivity contribution in [3.8, 4) is 0 Å². The van der Waals surface area contributed by atoms with Gasteiger partial charge in [-0.15, -0.1) is 0 Å². The van der Waals surface area contributed by atoms with E-state index in [0.717, 1.165) is 0 Å². The maximum atomic E-state index is 13.7. The molecular weight excluding hydrogens is 684 g/mol. The average molecular weight is 725 g/mol. The Balaban J connectivity index is 1.49. The van der Waals surface area contributed by atoms with Crippen molar-refractivity contribution in [1.29, 1.82) is 0 Å². The van der Waals surface area contributed by atoms with Gasteiger partial charge in [0.2, 0.25) is 0 Å². The van der Waals surface area contributed by atoms with Crippen molar-refractivity contribution >= 4 is 29.8 Å². The summed E-state index contributed by atoms with van der Waals surface area (Å²) in [6.07, 6.45) is -5.25. The summed E-state index contributed by atoms with van der Waals surface area (Å²) in [5.74, 6) is -3.39. The fourth-order valence-corrected chi connectivity index (χ4v) is 5.51. The number of carbonyl (C=O) groups excluding carboxylic acids is 5. The zero-order valence-electron chi connectivity index (χ0n) is 29.1. The van der Waals surface area contributed by atoms with Crippen LogP contribution in [-0.2, 0) is 38.0 Å². The molecule has 12 nitrogen and oxygen atoms in total. The Morgan fingerprint density at radius 1 is 0.528 bits per heavy atom. The van der Waals surface area contributed by atoms with Crippen LogP contribution in [0.3, 0.4) is 0 Å². The van der Waals surface area contributed by atoms with Crippen LogP contribution in [0.1, 0.15) is 67.1 Å². The smallest absolute Gasteiger partial charge is 0.338 e. The Labute approximate surface area is 306 Å². The van der Waals surface area contributed by atoms with Crippen molar-refractivity contribution in [2.24, 2.45) is 0 Å². The SMILES string of the molecule is COC(=O)CCCCCO[C@@H]1O[C@H](COC(=O)c2ccccc2)[C@@H](OC(=O)c2ccccc2)[C@H](OC(=O)c2ccccc2)[C@H]1OC(=O)c1ccccc1. The lowest BCUT2D eigenvalue weighted by Crippen LogP contribution is -2.63. The summed E-state index contributed by atoms with van der Waals surface area (Å²) in [5.41, 5.74) is 0.820. The van der Waals surface area contributed by atoms with Gasteiger partial charge in [-0.25, -0.2) is 19.2 Å². The second-order valence-electron chi connectivity index (χ2n) is 12.0. The van der Waals surface area contributed by atoms with Gasteiger partial charge in [0, 0.05) is 13.0 Å². The Hall–Kier alpha value is -5.85. The molecule has 1 saturated heterocycles. The molecule has 12 heteroatoms. The molecule has 0 aliphatic carbocycles. The number of rotatable bonds is 16. The number of benzene rings is 4. The Morgan fingerprint density at radius 3 is 1.43 bits per heavy atom. The molecule has 0 saturated carbocycles. The second-order valence-corrected chi connectivity index (χ2v) is 12.0. The maximum Gasteiger partial charge on any atom is 0.338 e. The zero-order chi connectivity index (χ0) is 37.4. The number of ether oxygens (including phenoxy) is 7. The van der Waals surface area contributed by atoms with E-state index in [-0.39, 0.29) is 41.3 Å². The predicted octanol–water partition coefficient (Wildman–Crippen LogP) is 6.00. The van der Waals surface area contributed by atoms with Gasteiger partial charge >= 0.3 is 29.8 Å². The molecule has 5 atom stereocenters. The molecule has 4 aromatic rings. The summed E-state index contributed by atoms with van der Waals surface area (Å²) in [6.45, 7) is -0.381. The van der Waals surface area contributed by atoms with Gasteiger partial charge < -0.3 is 33.2 Å². The molecule has 53 heavy (non-hydrogen) atoms. The van der Waals surface area contributed by atoms with Crippen molar-refractivity contribution in [1.82, 2.24) is 0 Å². The largest absolute Gasteiger partial charge is 0.469 e. The summed E-state index contributed by atoms with van der Waals surface area (Å²) in [4.78, 5) is 65.5. The van der Waals surface area contributed by atoms with Crippen LogP contribution in [0.5, 0.6) is 0 Å². The number of hydrogen-bond donors (Lipinski definition) is 0. The van der Waals surface area contributed by atoms with Crippen LogP contribution in [0.15, 0.2) is 121 Å². The Morgan fingerprint density at radius 2 is 0.962 bits per heavy atom. The topological polar surface area (TPSA) is 150 Å².